The number of hydrogen-bond donors (Lipinski definition) is 1. The van der Waals surface area contributed by atoms with Gasteiger partial charge >= 0.3 is 6.09 Å². The zero-order valence-corrected chi connectivity index (χ0v) is 7.70. The molecule has 4 nitrogen and oxygen atoms in total. The molecule has 1 amide bonds. The molecule has 0 radical (unpaired) electrons. The molecule has 0 fully saturated rings. The van der Waals surface area contributed by atoms with Crippen molar-refractivity contribution in [3.8, 4) is 0 Å². The quantitative estimate of drug-likeness (QED) is 0.657. The van der Waals surface area contributed by atoms with Gasteiger partial charge in [-0.15, -0.1) is 0 Å². The van der Waals surface area contributed by atoms with E-state index >= 15 is 0 Å². The van der Waals surface area contributed by atoms with Gasteiger partial charge in [0.15, 0.2) is 0 Å². The summed E-state index contributed by atoms with van der Waals surface area (Å²) in [4.78, 5) is 10.5. The summed E-state index contributed by atoms with van der Waals surface area (Å²) >= 11 is 1.71. The lowest BCUT2D eigenvalue weighted by molar-refractivity contribution is 0.147. The van der Waals surface area contributed by atoms with Crippen molar-refractivity contribution >= 4 is 29.0 Å². The van der Waals surface area contributed by atoms with Gasteiger partial charge < -0.3 is 9.15 Å². The van der Waals surface area contributed by atoms with E-state index in [9.17, 15) is 4.79 Å². The van der Waals surface area contributed by atoms with E-state index in [1.807, 2.05) is 0 Å². The van der Waals surface area contributed by atoms with E-state index < -0.39 is 6.09 Å². The molecule has 0 aliphatic carbocycles. The summed E-state index contributed by atoms with van der Waals surface area (Å²) in [7, 11) is 0. The Hall–Kier alpha value is -0.720. The lowest BCUT2D eigenvalue weighted by Crippen LogP contribution is -2.12. The Balaban J connectivity index is 2.29. The van der Waals surface area contributed by atoms with Crippen LogP contribution in [0.15, 0.2) is 23.0 Å². The molecule has 1 rings (SSSR count). The summed E-state index contributed by atoms with van der Waals surface area (Å²) in [5.74, 6) is 0. The van der Waals surface area contributed by atoms with Crippen LogP contribution in [0.5, 0.6) is 0 Å². The van der Waals surface area contributed by atoms with Crippen molar-refractivity contribution in [2.45, 2.75) is 6.61 Å². The SMILES string of the molecule is O=C(NI)OCc1ccoc1. The topological polar surface area (TPSA) is 51.5 Å². The molecular weight excluding hydrogens is 261 g/mol. The van der Waals surface area contributed by atoms with Gasteiger partial charge in [-0.1, -0.05) is 0 Å². The molecule has 0 aliphatic heterocycles. The molecular formula is C6H6INO3. The summed E-state index contributed by atoms with van der Waals surface area (Å²) in [5, 5.41) is 0. The summed E-state index contributed by atoms with van der Waals surface area (Å²) < 4.78 is 11.8. The first-order valence-electron chi connectivity index (χ1n) is 2.87. The molecule has 0 atom stereocenters. The maximum atomic E-state index is 10.5. The fraction of sp³-hybridized carbons (Fsp3) is 0.167. The number of ether oxygens (including phenoxy) is 1. The minimum Gasteiger partial charge on any atom is -0.472 e. The fourth-order valence-electron chi connectivity index (χ4n) is 0.551. The highest BCUT2D eigenvalue weighted by molar-refractivity contribution is 14.1. The van der Waals surface area contributed by atoms with Gasteiger partial charge in [0, 0.05) is 5.56 Å². The minimum absolute atomic E-state index is 0.241. The molecule has 0 aromatic carbocycles. The van der Waals surface area contributed by atoms with E-state index in [0.29, 0.717) is 0 Å². The molecule has 1 heterocycles. The third kappa shape index (κ3) is 2.79. The Labute approximate surface area is 77.4 Å². The molecule has 5 heteroatoms. The van der Waals surface area contributed by atoms with Crippen molar-refractivity contribution in [3.05, 3.63) is 24.2 Å². The van der Waals surface area contributed by atoms with E-state index in [-0.39, 0.29) is 6.61 Å². The molecule has 0 saturated heterocycles. The smallest absolute Gasteiger partial charge is 0.416 e. The molecule has 1 aromatic heterocycles. The number of hydrogen-bond acceptors (Lipinski definition) is 3. The average molecular weight is 267 g/mol. The van der Waals surface area contributed by atoms with E-state index in [2.05, 4.69) is 3.53 Å². The van der Waals surface area contributed by atoms with Crippen LogP contribution in [-0.4, -0.2) is 6.09 Å². The fourth-order valence-corrected chi connectivity index (χ4v) is 0.707. The number of halogens is 1. The Morgan fingerprint density at radius 3 is 3.18 bits per heavy atom. The van der Waals surface area contributed by atoms with E-state index in [4.69, 9.17) is 9.15 Å². The zero-order chi connectivity index (χ0) is 8.10. The van der Waals surface area contributed by atoms with Crippen molar-refractivity contribution in [2.24, 2.45) is 0 Å². The van der Waals surface area contributed by atoms with Gasteiger partial charge in [0.05, 0.1) is 35.4 Å². The molecule has 0 spiro atoms. The molecule has 11 heavy (non-hydrogen) atoms. The first kappa shape index (κ1) is 8.38. The van der Waals surface area contributed by atoms with Gasteiger partial charge in [-0.25, -0.2) is 4.79 Å². The highest BCUT2D eigenvalue weighted by atomic mass is 127. The Kier molecular flexibility index (Phi) is 3.21. The van der Waals surface area contributed by atoms with Gasteiger partial charge in [-0.05, 0) is 6.07 Å². The number of rotatable bonds is 2. The highest BCUT2D eigenvalue weighted by Crippen LogP contribution is 2.01. The van der Waals surface area contributed by atoms with Crippen LogP contribution in [0.25, 0.3) is 0 Å². The number of carbonyl (C=O) groups is 1. The predicted octanol–water partition coefficient (Wildman–Crippen LogP) is 1.86. The lowest BCUT2D eigenvalue weighted by Gasteiger charge is -1.98. The maximum Gasteiger partial charge on any atom is 0.416 e. The third-order valence-electron chi connectivity index (χ3n) is 1.03. The Morgan fingerprint density at radius 2 is 2.64 bits per heavy atom. The van der Waals surface area contributed by atoms with E-state index in [1.165, 1.54) is 12.5 Å². The second-order valence-electron chi connectivity index (χ2n) is 1.80. The van der Waals surface area contributed by atoms with Crippen LogP contribution in [0, 0.1) is 0 Å². The van der Waals surface area contributed by atoms with E-state index in [1.54, 1.807) is 28.9 Å². The van der Waals surface area contributed by atoms with Gasteiger partial charge in [-0.3, -0.25) is 3.53 Å². The van der Waals surface area contributed by atoms with Crippen LogP contribution in [-0.2, 0) is 11.3 Å². The van der Waals surface area contributed by atoms with E-state index in [0.717, 1.165) is 5.56 Å². The number of carbonyl (C=O) groups excluding carboxylic acids is 1. The number of nitrogens with one attached hydrogen (secondary N) is 1. The van der Waals surface area contributed by atoms with Gasteiger partial charge in [-0.2, -0.15) is 0 Å². The van der Waals surface area contributed by atoms with Crippen LogP contribution < -0.4 is 3.53 Å². The number of amides is 1. The molecule has 1 aromatic rings. The second-order valence-corrected chi connectivity index (χ2v) is 2.34. The monoisotopic (exact) mass is 267 g/mol. The Bertz CT molecular complexity index is 222. The first-order valence-corrected chi connectivity index (χ1v) is 3.95. The molecule has 60 valence electrons. The van der Waals surface area contributed by atoms with Gasteiger partial charge in [0.2, 0.25) is 0 Å². The summed E-state index contributed by atoms with van der Waals surface area (Å²) in [5.41, 5.74) is 0.838. The lowest BCUT2D eigenvalue weighted by atomic mass is 10.4. The van der Waals surface area contributed by atoms with Crippen LogP contribution >= 0.6 is 22.9 Å². The summed E-state index contributed by atoms with van der Waals surface area (Å²) in [6.45, 7) is 0.241. The van der Waals surface area contributed by atoms with Crippen molar-refractivity contribution in [1.82, 2.24) is 3.53 Å². The van der Waals surface area contributed by atoms with Crippen LogP contribution in [0.2, 0.25) is 0 Å². The molecule has 0 aliphatic rings. The maximum absolute atomic E-state index is 10.5. The van der Waals surface area contributed by atoms with Crippen molar-refractivity contribution in [3.63, 3.8) is 0 Å². The summed E-state index contributed by atoms with van der Waals surface area (Å²) in [6, 6.07) is 1.74. The van der Waals surface area contributed by atoms with Crippen LogP contribution in [0.4, 0.5) is 4.79 Å². The van der Waals surface area contributed by atoms with Crippen LogP contribution in [0.3, 0.4) is 0 Å². The minimum atomic E-state index is -0.452. The summed E-state index contributed by atoms with van der Waals surface area (Å²) in [6.07, 6.45) is 2.60. The second kappa shape index (κ2) is 4.22. The molecule has 0 unspecified atom stereocenters. The third-order valence-corrected chi connectivity index (χ3v) is 1.47. The molecule has 1 N–H and O–H groups in total. The molecule has 0 saturated carbocycles. The normalized spacial score (nSPS) is 9.18. The Morgan fingerprint density at radius 1 is 1.82 bits per heavy atom. The van der Waals surface area contributed by atoms with Gasteiger partial charge in [0.25, 0.3) is 0 Å². The average Bonchev–Trinajstić information content (AvgIpc) is 2.52. The van der Waals surface area contributed by atoms with Crippen molar-refractivity contribution in [1.29, 1.82) is 0 Å². The first-order chi connectivity index (χ1) is 5.33. The van der Waals surface area contributed by atoms with Gasteiger partial charge in [0.1, 0.15) is 6.61 Å². The van der Waals surface area contributed by atoms with Crippen LogP contribution in [0.1, 0.15) is 5.56 Å². The largest absolute Gasteiger partial charge is 0.472 e. The zero-order valence-electron chi connectivity index (χ0n) is 5.54. The highest BCUT2D eigenvalue weighted by Gasteiger charge is 1.99. The predicted molar refractivity (Wildman–Crippen MR) is 46.0 cm³/mol. The molecule has 0 bridgehead atoms. The number of furan rings is 1. The van der Waals surface area contributed by atoms with Crippen molar-refractivity contribution < 1.29 is 13.9 Å². The standard InChI is InChI=1S/C6H6INO3/c7-8-6(9)11-4-5-1-2-10-3-5/h1-3H,4H2,(H,8,9). The van der Waals surface area contributed by atoms with Crippen molar-refractivity contribution in [2.75, 3.05) is 0 Å².